The molecule has 2 N–H and O–H groups in total. The molecule has 0 bridgehead atoms. The van der Waals surface area contributed by atoms with E-state index in [0.717, 1.165) is 20.9 Å². The summed E-state index contributed by atoms with van der Waals surface area (Å²) < 4.78 is 19.0. The molecule has 8 heteroatoms. The second-order valence-electron chi connectivity index (χ2n) is 5.64. The molecular formula is C19H14FN3O2S2. The first kappa shape index (κ1) is 17.6. The second kappa shape index (κ2) is 7.42. The van der Waals surface area contributed by atoms with Crippen molar-refractivity contribution in [1.29, 1.82) is 0 Å². The molecule has 27 heavy (non-hydrogen) atoms. The molecule has 2 aromatic carbocycles. The number of aromatic amines is 1. The van der Waals surface area contributed by atoms with Crippen LogP contribution in [0, 0.1) is 5.82 Å². The molecule has 0 radical (unpaired) electrons. The highest BCUT2D eigenvalue weighted by Crippen LogP contribution is 2.33. The number of benzene rings is 2. The third kappa shape index (κ3) is 3.81. The summed E-state index contributed by atoms with van der Waals surface area (Å²) in [6, 6.07) is 12.8. The van der Waals surface area contributed by atoms with Crippen LogP contribution in [0.25, 0.3) is 22.2 Å². The van der Waals surface area contributed by atoms with Crippen LogP contribution in [0.3, 0.4) is 0 Å². The molecule has 0 aliphatic rings. The standard InChI is InChI=1S/C19H14FN3O2S2/c1-25-19(24)23-18-21-16-5-3-13(9-17(16)22-18)27-12-2-4-14(15(20)8-12)11-6-7-26-10-11/h2-10H,1H3,(H2,21,22,23,24). The van der Waals surface area contributed by atoms with Crippen LogP contribution in [-0.2, 0) is 4.74 Å². The fourth-order valence-corrected chi connectivity index (χ4v) is 4.14. The molecule has 0 aliphatic heterocycles. The van der Waals surface area contributed by atoms with Crippen LogP contribution in [0.1, 0.15) is 0 Å². The molecule has 2 heterocycles. The number of nitrogens with zero attached hydrogens (tertiary/aromatic N) is 1. The molecule has 0 aliphatic carbocycles. The average Bonchev–Trinajstić information content (AvgIpc) is 3.30. The molecule has 0 saturated heterocycles. The Labute approximate surface area is 162 Å². The molecule has 4 rings (SSSR count). The van der Waals surface area contributed by atoms with Gasteiger partial charge in [-0.3, -0.25) is 5.32 Å². The van der Waals surface area contributed by atoms with Crippen LogP contribution in [0.5, 0.6) is 0 Å². The normalized spacial score (nSPS) is 10.9. The number of anilines is 1. The maximum Gasteiger partial charge on any atom is 0.413 e. The fraction of sp³-hybridized carbons (Fsp3) is 0.0526. The Morgan fingerprint density at radius 3 is 2.78 bits per heavy atom. The Morgan fingerprint density at radius 2 is 2.04 bits per heavy atom. The van der Waals surface area contributed by atoms with Gasteiger partial charge >= 0.3 is 6.09 Å². The molecule has 0 unspecified atom stereocenters. The number of nitrogens with one attached hydrogen (secondary N) is 2. The van der Waals surface area contributed by atoms with Crippen molar-refractivity contribution >= 4 is 46.2 Å². The third-order valence-electron chi connectivity index (χ3n) is 3.87. The van der Waals surface area contributed by atoms with Crippen LogP contribution in [-0.4, -0.2) is 23.2 Å². The van der Waals surface area contributed by atoms with Gasteiger partial charge in [-0.25, -0.2) is 14.2 Å². The Hall–Kier alpha value is -2.84. The van der Waals surface area contributed by atoms with Crippen LogP contribution in [0.2, 0.25) is 0 Å². The monoisotopic (exact) mass is 399 g/mol. The number of aromatic nitrogens is 2. The molecule has 5 nitrogen and oxygen atoms in total. The lowest BCUT2D eigenvalue weighted by atomic mass is 10.1. The fourth-order valence-electron chi connectivity index (χ4n) is 2.60. The summed E-state index contributed by atoms with van der Waals surface area (Å²) >= 11 is 2.99. The summed E-state index contributed by atoms with van der Waals surface area (Å²) in [6.07, 6.45) is -0.593. The van der Waals surface area contributed by atoms with Crippen molar-refractivity contribution in [3.05, 3.63) is 59.0 Å². The van der Waals surface area contributed by atoms with Gasteiger partial charge in [-0.2, -0.15) is 11.3 Å². The van der Waals surface area contributed by atoms with Gasteiger partial charge in [-0.1, -0.05) is 17.8 Å². The predicted octanol–water partition coefficient (Wildman–Crippen LogP) is 5.76. The minimum Gasteiger partial charge on any atom is -0.453 e. The number of amides is 1. The quantitative estimate of drug-likeness (QED) is 0.458. The summed E-state index contributed by atoms with van der Waals surface area (Å²) in [6.45, 7) is 0. The van der Waals surface area contributed by atoms with Crippen molar-refractivity contribution in [2.24, 2.45) is 0 Å². The molecular weight excluding hydrogens is 385 g/mol. The zero-order chi connectivity index (χ0) is 18.8. The Balaban J connectivity index is 1.56. The molecule has 0 fully saturated rings. The maximum atomic E-state index is 14.4. The van der Waals surface area contributed by atoms with Gasteiger partial charge in [0.25, 0.3) is 0 Å². The molecule has 4 aromatic rings. The summed E-state index contributed by atoms with van der Waals surface area (Å²) in [5, 5.41) is 6.35. The lowest BCUT2D eigenvalue weighted by molar-refractivity contribution is 0.186. The van der Waals surface area contributed by atoms with Crippen LogP contribution in [0.4, 0.5) is 15.1 Å². The van der Waals surface area contributed by atoms with E-state index in [-0.39, 0.29) is 5.82 Å². The molecule has 1 amide bonds. The number of imidazole rings is 1. The van der Waals surface area contributed by atoms with Crippen LogP contribution in [0.15, 0.2) is 63.0 Å². The number of thiophene rings is 1. The van der Waals surface area contributed by atoms with Crippen molar-refractivity contribution < 1.29 is 13.9 Å². The molecule has 136 valence electrons. The lowest BCUT2D eigenvalue weighted by Crippen LogP contribution is -2.11. The molecule has 0 saturated carbocycles. The van der Waals surface area contributed by atoms with Crippen LogP contribution >= 0.6 is 23.1 Å². The van der Waals surface area contributed by atoms with E-state index in [9.17, 15) is 9.18 Å². The highest BCUT2D eigenvalue weighted by Gasteiger charge is 2.10. The minimum atomic E-state index is -0.593. The summed E-state index contributed by atoms with van der Waals surface area (Å²) in [7, 11) is 1.29. The van der Waals surface area contributed by atoms with Gasteiger partial charge in [0.05, 0.1) is 18.1 Å². The zero-order valence-corrected chi connectivity index (χ0v) is 15.8. The largest absolute Gasteiger partial charge is 0.453 e. The summed E-state index contributed by atoms with van der Waals surface area (Å²) in [5.74, 6) is 0.0639. The predicted molar refractivity (Wildman–Crippen MR) is 106 cm³/mol. The number of hydrogen-bond acceptors (Lipinski definition) is 5. The minimum absolute atomic E-state index is 0.246. The van der Waals surface area contributed by atoms with Crippen molar-refractivity contribution in [3.8, 4) is 11.1 Å². The molecule has 0 atom stereocenters. The average molecular weight is 399 g/mol. The van der Waals surface area contributed by atoms with Gasteiger partial charge in [0.2, 0.25) is 5.95 Å². The van der Waals surface area contributed by atoms with Crippen molar-refractivity contribution in [3.63, 3.8) is 0 Å². The number of H-pyrrole nitrogens is 1. The molecule has 2 aromatic heterocycles. The Bertz CT molecular complexity index is 1110. The van der Waals surface area contributed by atoms with E-state index < -0.39 is 6.09 Å². The number of halogens is 1. The van der Waals surface area contributed by atoms with E-state index in [1.165, 1.54) is 24.9 Å². The summed E-state index contributed by atoms with van der Waals surface area (Å²) in [5.41, 5.74) is 2.96. The highest BCUT2D eigenvalue weighted by molar-refractivity contribution is 7.99. The van der Waals surface area contributed by atoms with Crippen molar-refractivity contribution in [2.75, 3.05) is 12.4 Å². The summed E-state index contributed by atoms with van der Waals surface area (Å²) in [4.78, 5) is 20.3. The van der Waals surface area contributed by atoms with E-state index in [4.69, 9.17) is 0 Å². The number of methoxy groups -OCH3 is 1. The first-order valence-electron chi connectivity index (χ1n) is 7.97. The molecule has 0 spiro atoms. The van der Waals surface area contributed by atoms with Gasteiger partial charge in [-0.15, -0.1) is 0 Å². The number of carbonyl (C=O) groups is 1. The van der Waals surface area contributed by atoms with E-state index in [0.29, 0.717) is 17.0 Å². The van der Waals surface area contributed by atoms with E-state index in [1.54, 1.807) is 17.4 Å². The maximum absolute atomic E-state index is 14.4. The zero-order valence-electron chi connectivity index (χ0n) is 14.2. The second-order valence-corrected chi connectivity index (χ2v) is 7.56. The first-order valence-corrected chi connectivity index (χ1v) is 9.73. The topological polar surface area (TPSA) is 67.0 Å². The lowest BCUT2D eigenvalue weighted by Gasteiger charge is -2.05. The Kier molecular flexibility index (Phi) is 4.83. The van der Waals surface area contributed by atoms with Gasteiger partial charge in [0.15, 0.2) is 0 Å². The SMILES string of the molecule is COC(=O)Nc1nc2cc(Sc3ccc(-c4ccsc4)c(F)c3)ccc2[nH]1. The van der Waals surface area contributed by atoms with Crippen molar-refractivity contribution in [1.82, 2.24) is 9.97 Å². The first-order chi connectivity index (χ1) is 13.1. The Morgan fingerprint density at radius 1 is 1.22 bits per heavy atom. The van der Waals surface area contributed by atoms with E-state index in [1.807, 2.05) is 41.1 Å². The van der Waals surface area contributed by atoms with Gasteiger partial charge in [0, 0.05) is 15.4 Å². The van der Waals surface area contributed by atoms with E-state index in [2.05, 4.69) is 20.0 Å². The van der Waals surface area contributed by atoms with E-state index >= 15 is 0 Å². The number of carbonyl (C=O) groups excluding carboxylic acids is 1. The smallest absolute Gasteiger partial charge is 0.413 e. The number of hydrogen-bond donors (Lipinski definition) is 2. The number of fused-ring (bicyclic) bond motifs is 1. The van der Waals surface area contributed by atoms with Crippen LogP contribution < -0.4 is 5.32 Å². The van der Waals surface area contributed by atoms with Gasteiger partial charge in [0.1, 0.15) is 5.82 Å². The van der Waals surface area contributed by atoms with Gasteiger partial charge in [-0.05, 0) is 52.7 Å². The number of rotatable bonds is 4. The number of ether oxygens (including phenoxy) is 1. The van der Waals surface area contributed by atoms with Gasteiger partial charge < -0.3 is 9.72 Å². The highest BCUT2D eigenvalue weighted by atomic mass is 32.2. The van der Waals surface area contributed by atoms with Crippen molar-refractivity contribution in [2.45, 2.75) is 9.79 Å². The third-order valence-corrected chi connectivity index (χ3v) is 5.53.